The van der Waals surface area contributed by atoms with E-state index in [0.717, 1.165) is 16.7 Å². The zero-order valence-electron chi connectivity index (χ0n) is 9.86. The Bertz CT molecular complexity index is 571. The molecule has 0 spiro atoms. The molecule has 0 N–H and O–H groups in total. The molecule has 0 atom stereocenters. The predicted molar refractivity (Wildman–Crippen MR) is 64.6 cm³/mol. The molecular weight excluding hydrogens is 220 g/mol. The molecule has 2 aromatic rings. The molecule has 0 amide bonds. The summed E-state index contributed by atoms with van der Waals surface area (Å²) in [6, 6.07) is 6.86. The first kappa shape index (κ1) is 11.7. The summed E-state index contributed by atoms with van der Waals surface area (Å²) < 4.78 is 15.5. The second-order valence-electron chi connectivity index (χ2n) is 3.75. The van der Waals surface area contributed by atoms with Gasteiger partial charge in [0, 0.05) is 18.6 Å². The Kier molecular flexibility index (Phi) is 3.44. The molecule has 4 heteroatoms. The van der Waals surface area contributed by atoms with Crippen molar-refractivity contribution in [1.82, 2.24) is 0 Å². The van der Waals surface area contributed by atoms with Crippen molar-refractivity contribution in [2.75, 3.05) is 20.3 Å². The Morgan fingerprint density at radius 1 is 1.24 bits per heavy atom. The van der Waals surface area contributed by atoms with Crippen LogP contribution in [0, 0.1) is 6.92 Å². The van der Waals surface area contributed by atoms with Crippen LogP contribution in [-0.4, -0.2) is 20.3 Å². The second-order valence-corrected chi connectivity index (χ2v) is 3.75. The van der Waals surface area contributed by atoms with Gasteiger partial charge in [0.25, 0.3) is 0 Å². The predicted octanol–water partition coefficient (Wildman–Crippen LogP) is 2.13. The van der Waals surface area contributed by atoms with E-state index in [9.17, 15) is 4.79 Å². The van der Waals surface area contributed by atoms with Crippen LogP contribution in [0.1, 0.15) is 5.56 Å². The minimum Gasteiger partial charge on any atom is -0.491 e. The monoisotopic (exact) mass is 234 g/mol. The van der Waals surface area contributed by atoms with Crippen LogP contribution in [0.4, 0.5) is 0 Å². The lowest BCUT2D eigenvalue weighted by Gasteiger charge is -2.07. The average molecular weight is 234 g/mol. The van der Waals surface area contributed by atoms with Gasteiger partial charge in [-0.2, -0.15) is 0 Å². The molecule has 0 aliphatic heterocycles. The van der Waals surface area contributed by atoms with E-state index in [0.29, 0.717) is 18.8 Å². The van der Waals surface area contributed by atoms with Crippen molar-refractivity contribution in [1.29, 1.82) is 0 Å². The van der Waals surface area contributed by atoms with Gasteiger partial charge in [-0.3, -0.25) is 0 Å². The molecule has 1 aromatic carbocycles. The van der Waals surface area contributed by atoms with Gasteiger partial charge in [0.15, 0.2) is 0 Å². The van der Waals surface area contributed by atoms with Gasteiger partial charge in [-0.15, -0.1) is 0 Å². The molecule has 0 radical (unpaired) electrons. The van der Waals surface area contributed by atoms with Gasteiger partial charge in [-0.1, -0.05) is 0 Å². The largest absolute Gasteiger partial charge is 0.491 e. The van der Waals surface area contributed by atoms with Crippen molar-refractivity contribution in [2.45, 2.75) is 6.92 Å². The first-order chi connectivity index (χ1) is 8.20. The second kappa shape index (κ2) is 5.01. The summed E-state index contributed by atoms with van der Waals surface area (Å²) in [6.45, 7) is 2.91. The Labute approximate surface area is 98.8 Å². The molecule has 0 saturated heterocycles. The van der Waals surface area contributed by atoms with Crippen LogP contribution in [0.5, 0.6) is 5.75 Å². The number of ether oxygens (including phenoxy) is 2. The van der Waals surface area contributed by atoms with Crippen molar-refractivity contribution in [3.05, 3.63) is 40.2 Å². The van der Waals surface area contributed by atoms with Crippen molar-refractivity contribution < 1.29 is 13.9 Å². The molecule has 2 rings (SSSR count). The lowest BCUT2D eigenvalue weighted by Crippen LogP contribution is -2.04. The average Bonchev–Trinajstić information content (AvgIpc) is 2.30. The highest BCUT2D eigenvalue weighted by molar-refractivity contribution is 5.81. The molecular formula is C13H14O4. The Morgan fingerprint density at radius 2 is 2.06 bits per heavy atom. The van der Waals surface area contributed by atoms with Gasteiger partial charge >= 0.3 is 5.63 Å². The maximum atomic E-state index is 11.2. The molecule has 90 valence electrons. The fraction of sp³-hybridized carbons (Fsp3) is 0.308. The Hall–Kier alpha value is -1.81. The quantitative estimate of drug-likeness (QED) is 0.600. The molecule has 0 unspecified atom stereocenters. The van der Waals surface area contributed by atoms with E-state index >= 15 is 0 Å². The highest BCUT2D eigenvalue weighted by atomic mass is 16.5. The van der Waals surface area contributed by atoms with E-state index in [-0.39, 0.29) is 5.63 Å². The van der Waals surface area contributed by atoms with E-state index in [2.05, 4.69) is 0 Å². The Morgan fingerprint density at radius 3 is 2.82 bits per heavy atom. The highest BCUT2D eigenvalue weighted by Gasteiger charge is 2.03. The molecule has 17 heavy (non-hydrogen) atoms. The first-order valence-corrected chi connectivity index (χ1v) is 5.37. The molecule has 0 aliphatic rings. The highest BCUT2D eigenvalue weighted by Crippen LogP contribution is 2.22. The summed E-state index contributed by atoms with van der Waals surface area (Å²) in [4.78, 5) is 11.2. The third kappa shape index (κ3) is 2.65. The molecule has 4 nitrogen and oxygen atoms in total. The van der Waals surface area contributed by atoms with E-state index in [1.54, 1.807) is 19.2 Å². The van der Waals surface area contributed by atoms with Crippen LogP contribution in [-0.2, 0) is 4.74 Å². The van der Waals surface area contributed by atoms with Crippen molar-refractivity contribution in [3.63, 3.8) is 0 Å². The maximum Gasteiger partial charge on any atom is 0.336 e. The summed E-state index contributed by atoms with van der Waals surface area (Å²) in [7, 11) is 1.63. The number of benzene rings is 1. The number of rotatable bonds is 4. The summed E-state index contributed by atoms with van der Waals surface area (Å²) in [5, 5.41) is 0.888. The van der Waals surface area contributed by atoms with E-state index in [1.165, 1.54) is 6.07 Å². The van der Waals surface area contributed by atoms with Crippen LogP contribution in [0.2, 0.25) is 0 Å². The summed E-state index contributed by atoms with van der Waals surface area (Å²) in [6.07, 6.45) is 0. The minimum absolute atomic E-state index is 0.331. The van der Waals surface area contributed by atoms with E-state index in [4.69, 9.17) is 13.9 Å². The maximum absolute atomic E-state index is 11.2. The number of hydrogen-bond donors (Lipinski definition) is 0. The number of methoxy groups -OCH3 is 1. The molecule has 0 saturated carbocycles. The molecule has 1 heterocycles. The summed E-state index contributed by atoms with van der Waals surface area (Å²) in [5.74, 6) is 0.742. The van der Waals surface area contributed by atoms with Crippen LogP contribution in [0.25, 0.3) is 11.0 Å². The summed E-state index contributed by atoms with van der Waals surface area (Å²) in [5.41, 5.74) is 1.13. The van der Waals surface area contributed by atoms with E-state index < -0.39 is 0 Å². The SMILES string of the molecule is COCCOc1ccc2oc(=O)cc(C)c2c1. The fourth-order valence-corrected chi connectivity index (χ4v) is 1.63. The lowest BCUT2D eigenvalue weighted by atomic mass is 10.1. The molecule has 1 aromatic heterocycles. The molecule has 0 fully saturated rings. The molecule has 0 bridgehead atoms. The van der Waals surface area contributed by atoms with Gasteiger partial charge in [0.05, 0.1) is 6.61 Å². The normalized spacial score (nSPS) is 10.7. The van der Waals surface area contributed by atoms with Gasteiger partial charge < -0.3 is 13.9 Å². The van der Waals surface area contributed by atoms with E-state index in [1.807, 2.05) is 13.0 Å². The van der Waals surface area contributed by atoms with Crippen molar-refractivity contribution in [2.24, 2.45) is 0 Å². The zero-order chi connectivity index (χ0) is 12.3. The van der Waals surface area contributed by atoms with Crippen molar-refractivity contribution >= 4 is 11.0 Å². The number of fused-ring (bicyclic) bond motifs is 1. The zero-order valence-corrected chi connectivity index (χ0v) is 9.86. The third-order valence-corrected chi connectivity index (χ3v) is 2.48. The van der Waals surface area contributed by atoms with Gasteiger partial charge in [-0.05, 0) is 30.7 Å². The number of hydrogen-bond acceptors (Lipinski definition) is 4. The van der Waals surface area contributed by atoms with Crippen LogP contribution >= 0.6 is 0 Å². The van der Waals surface area contributed by atoms with Crippen molar-refractivity contribution in [3.8, 4) is 5.75 Å². The first-order valence-electron chi connectivity index (χ1n) is 5.37. The minimum atomic E-state index is -0.331. The standard InChI is InChI=1S/C13H14O4/c1-9-7-13(14)17-12-4-3-10(8-11(9)12)16-6-5-15-2/h3-4,7-8H,5-6H2,1-2H3. The van der Waals surface area contributed by atoms with Gasteiger partial charge in [0.1, 0.15) is 17.9 Å². The fourth-order valence-electron chi connectivity index (χ4n) is 1.63. The Balaban J connectivity index is 2.33. The third-order valence-electron chi connectivity index (χ3n) is 2.48. The van der Waals surface area contributed by atoms with Gasteiger partial charge in [0.2, 0.25) is 0 Å². The summed E-state index contributed by atoms with van der Waals surface area (Å²) >= 11 is 0. The number of aryl methyl sites for hydroxylation is 1. The van der Waals surface area contributed by atoms with Gasteiger partial charge in [-0.25, -0.2) is 4.79 Å². The van der Waals surface area contributed by atoms with Crippen LogP contribution in [0.15, 0.2) is 33.5 Å². The lowest BCUT2D eigenvalue weighted by molar-refractivity contribution is 0.146. The smallest absolute Gasteiger partial charge is 0.336 e. The van der Waals surface area contributed by atoms with Crippen LogP contribution in [0.3, 0.4) is 0 Å². The molecule has 0 aliphatic carbocycles. The van der Waals surface area contributed by atoms with Crippen LogP contribution < -0.4 is 10.4 Å². The topological polar surface area (TPSA) is 48.7 Å².